The minimum Gasteiger partial charge on any atom is -0.489 e. The maximum Gasteiger partial charge on any atom is 0.230 e. The van der Waals surface area contributed by atoms with Gasteiger partial charge in [0.15, 0.2) is 12.1 Å². The van der Waals surface area contributed by atoms with Gasteiger partial charge in [-0.2, -0.15) is 15.3 Å². The highest BCUT2D eigenvalue weighted by atomic mass is 35.5. The molecule has 12 nitrogen and oxygen atoms in total. The highest BCUT2D eigenvalue weighted by Gasteiger charge is 2.33. The van der Waals surface area contributed by atoms with Crippen LogP contribution in [-0.4, -0.2) is 80.5 Å². The first kappa shape index (κ1) is 28.8. The number of piperazine rings is 1. The molecule has 0 radical (unpaired) electrons. The molecule has 0 bridgehead atoms. The van der Waals surface area contributed by atoms with E-state index < -0.39 is 6.23 Å². The minimum absolute atomic E-state index is 0.0967. The van der Waals surface area contributed by atoms with Gasteiger partial charge >= 0.3 is 0 Å². The topological polar surface area (TPSA) is 151 Å². The van der Waals surface area contributed by atoms with Gasteiger partial charge in [-0.25, -0.2) is 9.97 Å². The fourth-order valence-electron chi connectivity index (χ4n) is 5.52. The molecule has 6 rings (SSSR count). The van der Waals surface area contributed by atoms with Gasteiger partial charge in [0.1, 0.15) is 24.3 Å². The smallest absolute Gasteiger partial charge is 0.230 e. The summed E-state index contributed by atoms with van der Waals surface area (Å²) >= 11 is 6.14. The number of nitriles is 1. The average molecular weight is 601 g/mol. The summed E-state index contributed by atoms with van der Waals surface area (Å²) in [6.07, 6.45) is 2.62. The number of hydrogen-bond donors (Lipinski definition) is 4. The van der Waals surface area contributed by atoms with Crippen LogP contribution in [0.2, 0.25) is 5.02 Å². The van der Waals surface area contributed by atoms with Crippen molar-refractivity contribution in [3.63, 3.8) is 0 Å². The van der Waals surface area contributed by atoms with Crippen LogP contribution in [0, 0.1) is 17.2 Å². The fourth-order valence-corrected chi connectivity index (χ4v) is 5.71. The lowest BCUT2D eigenvalue weighted by Gasteiger charge is -2.39. The summed E-state index contributed by atoms with van der Waals surface area (Å²) in [5, 5.41) is 34.4. The van der Waals surface area contributed by atoms with Crippen molar-refractivity contribution in [2.75, 3.05) is 49.5 Å². The van der Waals surface area contributed by atoms with Crippen molar-refractivity contribution in [2.45, 2.75) is 25.7 Å². The highest BCUT2D eigenvalue weighted by Crippen LogP contribution is 2.32. The standard InChI is InChI=1S/C30H33ClN10O2/c1-19-17-41(29(42)27-24(31)16-36-39-27)11-8-25(19)43-26-7-2-20(14-21(26)15-32)28-34-18-35-30(38-28)37-22-3-5-23(6-4-22)40-12-9-33-10-13-40/h2-7,14,16,18-19,25,29,33,42H,8-13,17H2,1H3,(H,36,39)(H,34,35,37,38). The quantitative estimate of drug-likeness (QED) is 0.234. The first-order chi connectivity index (χ1) is 21.0. The van der Waals surface area contributed by atoms with Crippen molar-refractivity contribution in [1.29, 1.82) is 5.26 Å². The van der Waals surface area contributed by atoms with Crippen molar-refractivity contribution in [2.24, 2.45) is 5.92 Å². The van der Waals surface area contributed by atoms with Crippen molar-refractivity contribution < 1.29 is 9.84 Å². The molecule has 4 heterocycles. The number of aliphatic hydroxyl groups excluding tert-OH is 1. The van der Waals surface area contributed by atoms with Crippen LogP contribution < -0.4 is 20.3 Å². The van der Waals surface area contributed by atoms with Crippen molar-refractivity contribution in [3.8, 4) is 23.2 Å². The summed E-state index contributed by atoms with van der Waals surface area (Å²) in [6.45, 7) is 7.22. The molecule has 2 fully saturated rings. The molecule has 2 aliphatic rings. The van der Waals surface area contributed by atoms with E-state index in [4.69, 9.17) is 16.3 Å². The number of aromatic amines is 1. The number of rotatable bonds is 8. The van der Waals surface area contributed by atoms with Crippen LogP contribution in [0.1, 0.15) is 30.8 Å². The predicted octanol–water partition coefficient (Wildman–Crippen LogP) is 3.72. The van der Waals surface area contributed by atoms with Gasteiger partial charge < -0.3 is 25.4 Å². The molecular weight excluding hydrogens is 568 g/mol. The van der Waals surface area contributed by atoms with Gasteiger partial charge in [0, 0.05) is 62.1 Å². The molecule has 0 spiro atoms. The Hall–Kier alpha value is -4.28. The molecule has 2 aromatic carbocycles. The third kappa shape index (κ3) is 6.55. The van der Waals surface area contributed by atoms with E-state index >= 15 is 0 Å². The van der Waals surface area contributed by atoms with Gasteiger partial charge in [-0.15, -0.1) is 0 Å². The minimum atomic E-state index is -0.871. The summed E-state index contributed by atoms with van der Waals surface area (Å²) in [6, 6.07) is 15.8. The Kier molecular flexibility index (Phi) is 8.67. The lowest BCUT2D eigenvalue weighted by molar-refractivity contribution is -0.0526. The largest absolute Gasteiger partial charge is 0.489 e. The number of anilines is 3. The number of ether oxygens (including phenoxy) is 1. The molecule has 13 heteroatoms. The van der Waals surface area contributed by atoms with E-state index in [1.165, 1.54) is 18.2 Å². The molecule has 4 N–H and O–H groups in total. The van der Waals surface area contributed by atoms with Crippen molar-refractivity contribution in [1.82, 2.24) is 35.4 Å². The van der Waals surface area contributed by atoms with E-state index in [-0.39, 0.29) is 12.0 Å². The van der Waals surface area contributed by atoms with Crippen LogP contribution in [0.3, 0.4) is 0 Å². The third-order valence-corrected chi connectivity index (χ3v) is 8.20. The Labute approximate surface area is 254 Å². The summed E-state index contributed by atoms with van der Waals surface area (Å²) in [7, 11) is 0. The van der Waals surface area contributed by atoms with E-state index in [2.05, 4.69) is 65.8 Å². The molecule has 43 heavy (non-hydrogen) atoms. The second-order valence-corrected chi connectivity index (χ2v) is 11.2. The van der Waals surface area contributed by atoms with E-state index in [9.17, 15) is 10.4 Å². The third-order valence-electron chi connectivity index (χ3n) is 7.90. The molecular formula is C30H33ClN10O2. The number of nitrogens with zero attached hydrogens (tertiary/aromatic N) is 7. The van der Waals surface area contributed by atoms with E-state index in [0.29, 0.717) is 58.9 Å². The maximum absolute atomic E-state index is 10.8. The predicted molar refractivity (Wildman–Crippen MR) is 163 cm³/mol. The molecule has 2 aromatic heterocycles. The molecule has 2 aliphatic heterocycles. The number of aromatic nitrogens is 5. The first-order valence-corrected chi connectivity index (χ1v) is 14.7. The molecule has 0 aliphatic carbocycles. The number of likely N-dealkylation sites (tertiary alicyclic amines) is 1. The van der Waals surface area contributed by atoms with Crippen molar-refractivity contribution >= 4 is 28.9 Å². The van der Waals surface area contributed by atoms with E-state index in [0.717, 1.165) is 31.9 Å². The summed E-state index contributed by atoms with van der Waals surface area (Å²) in [5.74, 6) is 1.47. The average Bonchev–Trinajstić information content (AvgIpc) is 3.48. The van der Waals surface area contributed by atoms with E-state index in [1.807, 2.05) is 23.1 Å². The molecule has 222 valence electrons. The molecule has 2 saturated heterocycles. The second-order valence-electron chi connectivity index (χ2n) is 10.8. The van der Waals surface area contributed by atoms with Gasteiger partial charge in [-0.3, -0.25) is 10.00 Å². The zero-order valence-electron chi connectivity index (χ0n) is 23.7. The Morgan fingerprint density at radius 1 is 1.14 bits per heavy atom. The Balaban J connectivity index is 1.10. The number of halogens is 1. The van der Waals surface area contributed by atoms with Crippen LogP contribution in [0.4, 0.5) is 17.3 Å². The SMILES string of the molecule is CC1CN(C(O)c2[nH]ncc2Cl)CCC1Oc1ccc(-c2ncnc(Nc3ccc(N4CCNCC4)cc3)n2)cc1C#N. The number of aliphatic hydroxyl groups is 1. The van der Waals surface area contributed by atoms with Gasteiger partial charge in [-0.1, -0.05) is 18.5 Å². The number of piperidine rings is 1. The van der Waals surface area contributed by atoms with Crippen LogP contribution in [0.5, 0.6) is 5.75 Å². The monoisotopic (exact) mass is 600 g/mol. The normalized spacial score (nSPS) is 19.9. The Morgan fingerprint density at radius 3 is 2.67 bits per heavy atom. The Bertz CT molecular complexity index is 1580. The van der Waals surface area contributed by atoms with Crippen LogP contribution in [0.25, 0.3) is 11.4 Å². The summed E-state index contributed by atoms with van der Waals surface area (Å²) in [5.41, 5.74) is 3.63. The summed E-state index contributed by atoms with van der Waals surface area (Å²) in [4.78, 5) is 17.5. The fraction of sp³-hybridized carbons (Fsp3) is 0.367. The van der Waals surface area contributed by atoms with Gasteiger partial charge in [0.2, 0.25) is 5.95 Å². The molecule has 3 unspecified atom stereocenters. The van der Waals surface area contributed by atoms with Crippen LogP contribution in [-0.2, 0) is 0 Å². The van der Waals surface area contributed by atoms with Crippen molar-refractivity contribution in [3.05, 3.63) is 71.3 Å². The van der Waals surface area contributed by atoms with Crippen LogP contribution in [0.15, 0.2) is 55.0 Å². The first-order valence-electron chi connectivity index (χ1n) is 14.3. The zero-order valence-corrected chi connectivity index (χ0v) is 24.5. The number of H-pyrrole nitrogens is 1. The second kappa shape index (κ2) is 12.9. The lowest BCUT2D eigenvalue weighted by atomic mass is 9.95. The lowest BCUT2D eigenvalue weighted by Crippen LogP contribution is -2.46. The van der Waals surface area contributed by atoms with Gasteiger partial charge in [-0.05, 0) is 48.9 Å². The molecule has 0 saturated carbocycles. The van der Waals surface area contributed by atoms with Gasteiger partial charge in [0.25, 0.3) is 0 Å². The molecule has 4 aromatic rings. The molecule has 0 amide bonds. The number of nitrogens with one attached hydrogen (secondary N) is 3. The van der Waals surface area contributed by atoms with E-state index in [1.54, 1.807) is 12.1 Å². The van der Waals surface area contributed by atoms with Gasteiger partial charge in [0.05, 0.1) is 22.5 Å². The van der Waals surface area contributed by atoms with Crippen LogP contribution >= 0.6 is 11.6 Å². The number of hydrogen-bond acceptors (Lipinski definition) is 11. The Morgan fingerprint density at radius 2 is 1.95 bits per heavy atom. The number of benzene rings is 2. The maximum atomic E-state index is 10.8. The summed E-state index contributed by atoms with van der Waals surface area (Å²) < 4.78 is 6.33. The molecule has 3 atom stereocenters. The zero-order chi connectivity index (χ0) is 29.8. The highest BCUT2D eigenvalue weighted by molar-refractivity contribution is 6.31.